The molecule has 1 aliphatic rings. The molecular formula is C18H21F3N4. The highest BCUT2D eigenvalue weighted by Crippen LogP contribution is 2.34. The van der Waals surface area contributed by atoms with E-state index in [1.54, 1.807) is 6.20 Å². The molecule has 0 aliphatic carbocycles. The minimum atomic E-state index is -4.34. The SMILES string of the molecule is CN(C)c1ncc(-c2ccc(C(F)(F)F)cc2)c([C@H]2CCCCN2)n1. The maximum Gasteiger partial charge on any atom is 0.416 e. The highest BCUT2D eigenvalue weighted by molar-refractivity contribution is 5.67. The first-order chi connectivity index (χ1) is 11.9. The first-order valence-corrected chi connectivity index (χ1v) is 8.31. The average Bonchev–Trinajstić information content (AvgIpc) is 2.61. The summed E-state index contributed by atoms with van der Waals surface area (Å²) in [5, 5.41) is 3.46. The molecule has 2 heterocycles. The van der Waals surface area contributed by atoms with Gasteiger partial charge in [0.2, 0.25) is 5.95 Å². The van der Waals surface area contributed by atoms with Crippen molar-refractivity contribution in [2.24, 2.45) is 0 Å². The lowest BCUT2D eigenvalue weighted by Crippen LogP contribution is -2.28. The fourth-order valence-electron chi connectivity index (χ4n) is 3.01. The van der Waals surface area contributed by atoms with Crippen LogP contribution < -0.4 is 10.2 Å². The van der Waals surface area contributed by atoms with Crippen LogP contribution in [0.15, 0.2) is 30.5 Å². The van der Waals surface area contributed by atoms with Gasteiger partial charge in [-0.3, -0.25) is 0 Å². The van der Waals surface area contributed by atoms with Crippen molar-refractivity contribution in [1.29, 1.82) is 0 Å². The van der Waals surface area contributed by atoms with Crippen molar-refractivity contribution in [3.05, 3.63) is 41.7 Å². The Balaban J connectivity index is 2.02. The third-order valence-electron chi connectivity index (χ3n) is 4.37. The van der Waals surface area contributed by atoms with Crippen LogP contribution in [0.1, 0.15) is 36.6 Å². The van der Waals surface area contributed by atoms with Gasteiger partial charge in [0.05, 0.1) is 17.3 Å². The number of hydrogen-bond acceptors (Lipinski definition) is 4. The van der Waals surface area contributed by atoms with E-state index in [1.165, 1.54) is 12.1 Å². The zero-order valence-corrected chi connectivity index (χ0v) is 14.3. The number of aromatic nitrogens is 2. The second kappa shape index (κ2) is 7.00. The van der Waals surface area contributed by atoms with Crippen LogP contribution >= 0.6 is 0 Å². The van der Waals surface area contributed by atoms with Gasteiger partial charge < -0.3 is 10.2 Å². The minimum absolute atomic E-state index is 0.0905. The van der Waals surface area contributed by atoms with Gasteiger partial charge in [0.25, 0.3) is 0 Å². The van der Waals surface area contributed by atoms with Crippen molar-refractivity contribution in [3.63, 3.8) is 0 Å². The molecule has 1 saturated heterocycles. The molecule has 2 aromatic rings. The summed E-state index contributed by atoms with van der Waals surface area (Å²) < 4.78 is 38.4. The molecule has 0 spiro atoms. The summed E-state index contributed by atoms with van der Waals surface area (Å²) in [5.41, 5.74) is 1.66. The number of halogens is 3. The molecule has 25 heavy (non-hydrogen) atoms. The van der Waals surface area contributed by atoms with Gasteiger partial charge in [0.15, 0.2) is 0 Å². The maximum absolute atomic E-state index is 12.8. The topological polar surface area (TPSA) is 41.1 Å². The number of piperidine rings is 1. The Morgan fingerprint density at radius 3 is 2.40 bits per heavy atom. The minimum Gasteiger partial charge on any atom is -0.347 e. The molecule has 1 atom stereocenters. The van der Waals surface area contributed by atoms with Crippen molar-refractivity contribution in [1.82, 2.24) is 15.3 Å². The lowest BCUT2D eigenvalue weighted by molar-refractivity contribution is -0.137. The van der Waals surface area contributed by atoms with Crippen LogP contribution in [0.5, 0.6) is 0 Å². The molecule has 0 saturated carbocycles. The van der Waals surface area contributed by atoms with Gasteiger partial charge in [0, 0.05) is 25.9 Å². The highest BCUT2D eigenvalue weighted by Gasteiger charge is 2.30. The molecule has 0 amide bonds. The van der Waals surface area contributed by atoms with Crippen molar-refractivity contribution < 1.29 is 13.2 Å². The average molecular weight is 350 g/mol. The number of nitrogens with zero attached hydrogens (tertiary/aromatic N) is 3. The first-order valence-electron chi connectivity index (χ1n) is 8.31. The smallest absolute Gasteiger partial charge is 0.347 e. The number of nitrogens with one attached hydrogen (secondary N) is 1. The molecule has 1 N–H and O–H groups in total. The monoisotopic (exact) mass is 350 g/mol. The van der Waals surface area contributed by atoms with Gasteiger partial charge in [-0.05, 0) is 37.1 Å². The Bertz CT molecular complexity index is 720. The molecule has 0 unspecified atom stereocenters. The summed E-state index contributed by atoms with van der Waals surface area (Å²) in [6.45, 7) is 0.915. The van der Waals surface area contributed by atoms with E-state index in [4.69, 9.17) is 0 Å². The zero-order chi connectivity index (χ0) is 18.0. The molecule has 0 bridgehead atoms. The quantitative estimate of drug-likeness (QED) is 0.907. The van der Waals surface area contributed by atoms with Crippen molar-refractivity contribution in [3.8, 4) is 11.1 Å². The van der Waals surface area contributed by atoms with Gasteiger partial charge in [-0.25, -0.2) is 9.97 Å². The summed E-state index contributed by atoms with van der Waals surface area (Å²) in [5.74, 6) is 0.595. The van der Waals surface area contributed by atoms with Crippen LogP contribution in [0.4, 0.5) is 19.1 Å². The Labute approximate surface area is 145 Å². The molecule has 7 heteroatoms. The van der Waals surface area contributed by atoms with Crippen molar-refractivity contribution in [2.75, 3.05) is 25.5 Å². The summed E-state index contributed by atoms with van der Waals surface area (Å²) >= 11 is 0. The lowest BCUT2D eigenvalue weighted by atomic mass is 9.95. The summed E-state index contributed by atoms with van der Waals surface area (Å²) in [4.78, 5) is 10.8. The molecule has 3 rings (SSSR count). The van der Waals surface area contributed by atoms with E-state index in [0.29, 0.717) is 11.5 Å². The van der Waals surface area contributed by atoms with Gasteiger partial charge in [-0.2, -0.15) is 13.2 Å². The van der Waals surface area contributed by atoms with E-state index in [0.717, 1.165) is 49.2 Å². The van der Waals surface area contributed by atoms with E-state index in [2.05, 4.69) is 15.3 Å². The largest absolute Gasteiger partial charge is 0.416 e. The van der Waals surface area contributed by atoms with E-state index in [-0.39, 0.29) is 6.04 Å². The summed E-state index contributed by atoms with van der Waals surface area (Å²) in [7, 11) is 3.73. The van der Waals surface area contributed by atoms with E-state index < -0.39 is 11.7 Å². The molecule has 1 fully saturated rings. The number of hydrogen-bond donors (Lipinski definition) is 1. The predicted molar refractivity (Wildman–Crippen MR) is 91.4 cm³/mol. The standard InChI is InChI=1S/C18H21F3N4/c1-25(2)17-23-11-14(16(24-17)15-5-3-4-10-22-15)12-6-8-13(9-7-12)18(19,20)21/h6-9,11,15,22H,3-5,10H2,1-2H3/t15-/m1/s1. The predicted octanol–water partition coefficient (Wildman–Crippen LogP) is 4.04. The van der Waals surface area contributed by atoms with Crippen LogP contribution in [0.2, 0.25) is 0 Å². The fraction of sp³-hybridized carbons (Fsp3) is 0.444. The Hall–Kier alpha value is -2.15. The number of benzene rings is 1. The second-order valence-corrected chi connectivity index (χ2v) is 6.44. The number of anilines is 1. The Morgan fingerprint density at radius 1 is 1.12 bits per heavy atom. The lowest BCUT2D eigenvalue weighted by Gasteiger charge is -2.26. The van der Waals surface area contributed by atoms with E-state index >= 15 is 0 Å². The van der Waals surface area contributed by atoms with Gasteiger partial charge in [-0.1, -0.05) is 18.6 Å². The Morgan fingerprint density at radius 2 is 1.84 bits per heavy atom. The fourth-order valence-corrected chi connectivity index (χ4v) is 3.01. The van der Waals surface area contributed by atoms with Gasteiger partial charge in [0.1, 0.15) is 0 Å². The van der Waals surface area contributed by atoms with Gasteiger partial charge in [-0.15, -0.1) is 0 Å². The number of alkyl halides is 3. The maximum atomic E-state index is 12.8. The Kier molecular flexibility index (Phi) is 4.94. The van der Waals surface area contributed by atoms with Crippen LogP contribution in [-0.2, 0) is 6.18 Å². The van der Waals surface area contributed by atoms with Crippen molar-refractivity contribution >= 4 is 5.95 Å². The highest BCUT2D eigenvalue weighted by atomic mass is 19.4. The van der Waals surface area contributed by atoms with Crippen LogP contribution in [0.3, 0.4) is 0 Å². The zero-order valence-electron chi connectivity index (χ0n) is 14.3. The third-order valence-corrected chi connectivity index (χ3v) is 4.37. The van der Waals surface area contributed by atoms with E-state index in [9.17, 15) is 13.2 Å². The first kappa shape index (κ1) is 17.7. The summed E-state index contributed by atoms with van der Waals surface area (Å²) in [6.07, 6.45) is 0.550. The second-order valence-electron chi connectivity index (χ2n) is 6.44. The molecule has 1 aromatic carbocycles. The van der Waals surface area contributed by atoms with Crippen molar-refractivity contribution in [2.45, 2.75) is 31.5 Å². The molecule has 4 nitrogen and oxygen atoms in total. The van der Waals surface area contributed by atoms with Crippen LogP contribution in [0, 0.1) is 0 Å². The third kappa shape index (κ3) is 3.92. The van der Waals surface area contributed by atoms with E-state index in [1.807, 2.05) is 19.0 Å². The molecule has 0 radical (unpaired) electrons. The van der Waals surface area contributed by atoms with Gasteiger partial charge >= 0.3 is 6.18 Å². The molecule has 1 aliphatic heterocycles. The molecular weight excluding hydrogens is 329 g/mol. The molecule has 1 aromatic heterocycles. The normalized spacial score (nSPS) is 18.2. The summed E-state index contributed by atoms with van der Waals surface area (Å²) in [6, 6.07) is 5.28. The molecule has 134 valence electrons. The van der Waals surface area contributed by atoms with Crippen LogP contribution in [0.25, 0.3) is 11.1 Å². The van der Waals surface area contributed by atoms with Crippen LogP contribution in [-0.4, -0.2) is 30.6 Å². The number of rotatable bonds is 3.